The Labute approximate surface area is 255 Å². The largest absolute Gasteiger partial charge is 0.488 e. The van der Waals surface area contributed by atoms with Gasteiger partial charge in [0, 0.05) is 22.7 Å². The first-order valence-electron chi connectivity index (χ1n) is 13.0. The molecule has 2 aromatic carbocycles. The van der Waals surface area contributed by atoms with Gasteiger partial charge in [-0.05, 0) is 64.3 Å². The lowest BCUT2D eigenvalue weighted by atomic mass is 10.2. The van der Waals surface area contributed by atoms with Crippen LogP contribution in [0.15, 0.2) is 70.9 Å². The third-order valence-corrected chi connectivity index (χ3v) is 8.67. The first-order chi connectivity index (χ1) is 20.2. The number of thiazole rings is 1. The van der Waals surface area contributed by atoms with E-state index >= 15 is 0 Å². The highest BCUT2D eigenvalue weighted by molar-refractivity contribution is 9.10. The van der Waals surface area contributed by atoms with Gasteiger partial charge in [0.2, 0.25) is 0 Å². The van der Waals surface area contributed by atoms with Gasteiger partial charge in [0.1, 0.15) is 51.3 Å². The number of aromatic nitrogens is 4. The number of fused-ring (bicyclic) bond motifs is 1. The lowest BCUT2D eigenvalue weighted by Crippen LogP contribution is -2.13. The van der Waals surface area contributed by atoms with Crippen molar-refractivity contribution in [2.75, 3.05) is 23.9 Å². The van der Waals surface area contributed by atoms with Crippen molar-refractivity contribution < 1.29 is 22.3 Å². The summed E-state index contributed by atoms with van der Waals surface area (Å²) in [4.78, 5) is 18.1. The molecule has 0 fully saturated rings. The van der Waals surface area contributed by atoms with Crippen LogP contribution in [0.5, 0.6) is 5.75 Å². The Balaban J connectivity index is 1.32. The van der Waals surface area contributed by atoms with Crippen LogP contribution in [0.1, 0.15) is 30.0 Å². The van der Waals surface area contributed by atoms with Crippen LogP contribution in [0.25, 0.3) is 22.3 Å². The van der Waals surface area contributed by atoms with Crippen molar-refractivity contribution >= 4 is 59.5 Å². The third-order valence-electron chi connectivity index (χ3n) is 6.20. The first kappa shape index (κ1) is 30.0. The predicted octanol–water partition coefficient (Wildman–Crippen LogP) is 6.88. The number of anilines is 2. The Kier molecular flexibility index (Phi) is 9.41. The van der Waals surface area contributed by atoms with Gasteiger partial charge in [0.15, 0.2) is 0 Å². The molecule has 1 unspecified atom stereocenters. The number of benzene rings is 2. The zero-order valence-electron chi connectivity index (χ0n) is 22.8. The van der Waals surface area contributed by atoms with Crippen LogP contribution in [0, 0.1) is 5.82 Å². The molecule has 0 radical (unpaired) electrons. The average Bonchev–Trinajstić information content (AvgIpc) is 3.45. The lowest BCUT2D eigenvalue weighted by molar-refractivity contribution is 0.0610. The minimum Gasteiger partial charge on any atom is -0.488 e. The van der Waals surface area contributed by atoms with Crippen molar-refractivity contribution in [3.63, 3.8) is 0 Å². The van der Waals surface area contributed by atoms with Crippen LogP contribution >= 0.6 is 27.3 Å². The van der Waals surface area contributed by atoms with Crippen molar-refractivity contribution in [2.45, 2.75) is 26.1 Å². The number of ether oxygens (including phenoxy) is 2. The van der Waals surface area contributed by atoms with Crippen molar-refractivity contribution in [2.24, 2.45) is 0 Å². The summed E-state index contributed by atoms with van der Waals surface area (Å²) in [6.45, 7) is 2.32. The summed E-state index contributed by atoms with van der Waals surface area (Å²) in [5, 5.41) is 6.77. The van der Waals surface area contributed by atoms with E-state index in [0.29, 0.717) is 34.9 Å². The fourth-order valence-electron chi connectivity index (χ4n) is 4.08. The van der Waals surface area contributed by atoms with Crippen molar-refractivity contribution in [3.05, 3.63) is 87.3 Å². The molecule has 3 heterocycles. The van der Waals surface area contributed by atoms with Crippen molar-refractivity contribution in [3.8, 4) is 17.1 Å². The molecule has 5 rings (SSSR count). The van der Waals surface area contributed by atoms with Crippen LogP contribution in [0.3, 0.4) is 0 Å². The second-order valence-electron chi connectivity index (χ2n) is 9.47. The SMILES string of the molecule is CCC(OCCS(C)(=O)=O)c1nc(-c2cc3c(Nc4ccc(OCc5cccc(F)c5)c(Br)c4)ncnc3cn2)cs1. The predicted molar refractivity (Wildman–Crippen MR) is 165 cm³/mol. The minimum absolute atomic E-state index is 0.0367. The summed E-state index contributed by atoms with van der Waals surface area (Å²) in [7, 11) is -3.10. The fraction of sp³-hybridized carbons (Fsp3) is 0.241. The molecule has 0 bridgehead atoms. The Morgan fingerprint density at radius 3 is 2.71 bits per heavy atom. The molecule has 0 aliphatic rings. The molecule has 3 aromatic heterocycles. The average molecular weight is 673 g/mol. The Morgan fingerprint density at radius 1 is 1.10 bits per heavy atom. The number of hydrogen-bond donors (Lipinski definition) is 1. The van der Waals surface area contributed by atoms with Crippen LogP contribution in [-0.2, 0) is 21.2 Å². The number of pyridine rings is 1. The maximum Gasteiger partial charge on any atom is 0.149 e. The molecular formula is C29H27BrFN5O4S2. The topological polar surface area (TPSA) is 116 Å². The highest BCUT2D eigenvalue weighted by Gasteiger charge is 2.17. The number of hydrogen-bond acceptors (Lipinski definition) is 10. The summed E-state index contributed by atoms with van der Waals surface area (Å²) in [5.74, 6) is 0.871. The molecule has 0 saturated carbocycles. The van der Waals surface area contributed by atoms with Crippen molar-refractivity contribution in [1.82, 2.24) is 19.9 Å². The molecule has 1 N–H and O–H groups in total. The van der Waals surface area contributed by atoms with Gasteiger partial charge in [-0.1, -0.05) is 19.1 Å². The molecule has 0 saturated heterocycles. The maximum atomic E-state index is 13.5. The molecular weight excluding hydrogens is 645 g/mol. The van der Waals surface area contributed by atoms with E-state index in [2.05, 4.69) is 36.2 Å². The van der Waals surface area contributed by atoms with Crippen LogP contribution < -0.4 is 10.1 Å². The summed E-state index contributed by atoms with van der Waals surface area (Å²) in [6, 6.07) is 13.7. The number of sulfone groups is 1. The Hall–Kier alpha value is -3.52. The lowest BCUT2D eigenvalue weighted by Gasteiger charge is -2.13. The Bertz CT molecular complexity index is 1820. The van der Waals surface area contributed by atoms with Gasteiger partial charge in [0.05, 0.1) is 39.9 Å². The fourth-order valence-corrected chi connectivity index (χ4v) is 5.91. The molecule has 0 amide bonds. The Morgan fingerprint density at radius 2 is 1.95 bits per heavy atom. The van der Waals surface area contributed by atoms with Gasteiger partial charge in [-0.2, -0.15) is 0 Å². The summed E-state index contributed by atoms with van der Waals surface area (Å²) >= 11 is 5.00. The van der Waals surface area contributed by atoms with E-state index in [9.17, 15) is 12.8 Å². The van der Waals surface area contributed by atoms with Gasteiger partial charge in [0.25, 0.3) is 0 Å². The van der Waals surface area contributed by atoms with Crippen LogP contribution in [-0.4, -0.2) is 47.0 Å². The summed E-state index contributed by atoms with van der Waals surface area (Å²) in [6.07, 6.45) is 4.70. The molecule has 9 nitrogen and oxygen atoms in total. The van der Waals surface area contributed by atoms with E-state index in [1.165, 1.54) is 36.1 Å². The van der Waals surface area contributed by atoms with E-state index in [-0.39, 0.29) is 30.9 Å². The van der Waals surface area contributed by atoms with Gasteiger partial charge in [-0.3, -0.25) is 4.98 Å². The highest BCUT2D eigenvalue weighted by atomic mass is 79.9. The highest BCUT2D eigenvalue weighted by Crippen LogP contribution is 2.33. The quantitative estimate of drug-likeness (QED) is 0.151. The standard InChI is InChI=1S/C29H27BrFN5O4S2/c1-3-26(39-9-10-42(2,37)38)29-36-25(16-41-29)23-13-21-24(14-32-23)33-17-34-28(21)35-20-7-8-27(22(30)12-20)40-15-18-5-4-6-19(31)11-18/h4-8,11-14,16-17,26H,3,9-10,15H2,1-2H3,(H,33,34,35). The molecule has 218 valence electrons. The van der Waals surface area contributed by atoms with E-state index in [1.54, 1.807) is 18.3 Å². The second kappa shape index (κ2) is 13.2. The normalized spacial score (nSPS) is 12.4. The molecule has 1 atom stereocenters. The molecule has 42 heavy (non-hydrogen) atoms. The van der Waals surface area contributed by atoms with Crippen molar-refractivity contribution in [1.29, 1.82) is 0 Å². The monoisotopic (exact) mass is 671 g/mol. The van der Waals surface area contributed by atoms with Crippen LogP contribution in [0.2, 0.25) is 0 Å². The molecule has 13 heteroatoms. The van der Waals surface area contributed by atoms with E-state index in [4.69, 9.17) is 14.5 Å². The second-order valence-corrected chi connectivity index (χ2v) is 13.5. The van der Waals surface area contributed by atoms with Crippen LogP contribution in [0.4, 0.5) is 15.9 Å². The molecule has 0 aliphatic heterocycles. The van der Waals surface area contributed by atoms with Gasteiger partial charge in [-0.25, -0.2) is 27.8 Å². The van der Waals surface area contributed by atoms with E-state index in [0.717, 1.165) is 26.1 Å². The third kappa shape index (κ3) is 7.65. The first-order valence-corrected chi connectivity index (χ1v) is 16.7. The maximum absolute atomic E-state index is 13.5. The summed E-state index contributed by atoms with van der Waals surface area (Å²) < 4.78 is 48.8. The van der Waals surface area contributed by atoms with Gasteiger partial charge in [-0.15, -0.1) is 11.3 Å². The van der Waals surface area contributed by atoms with Gasteiger partial charge >= 0.3 is 0 Å². The van der Waals surface area contributed by atoms with E-state index in [1.807, 2.05) is 36.6 Å². The smallest absolute Gasteiger partial charge is 0.149 e. The zero-order valence-corrected chi connectivity index (χ0v) is 26.0. The number of rotatable bonds is 12. The molecule has 0 spiro atoms. The molecule has 0 aliphatic carbocycles. The molecule has 5 aromatic rings. The van der Waals surface area contributed by atoms with Gasteiger partial charge < -0.3 is 14.8 Å². The number of nitrogens with zero attached hydrogens (tertiary/aromatic N) is 4. The number of halogens is 2. The zero-order chi connectivity index (χ0) is 29.7. The van der Waals surface area contributed by atoms with E-state index < -0.39 is 9.84 Å². The minimum atomic E-state index is -3.10. The number of nitrogens with one attached hydrogen (secondary N) is 1. The summed E-state index contributed by atoms with van der Waals surface area (Å²) in [5.41, 5.74) is 3.50.